The van der Waals surface area contributed by atoms with Crippen LogP contribution in [-0.4, -0.2) is 14.4 Å². The molecule has 3 heterocycles. The van der Waals surface area contributed by atoms with Crippen molar-refractivity contribution < 1.29 is 0 Å². The number of benzene rings is 1. The first-order chi connectivity index (χ1) is 12.0. The Kier molecular flexibility index (Phi) is 4.33. The van der Waals surface area contributed by atoms with Crippen LogP contribution in [0.2, 0.25) is 15.1 Å². The van der Waals surface area contributed by atoms with Crippen LogP contribution in [0.5, 0.6) is 0 Å². The van der Waals surface area contributed by atoms with Crippen molar-refractivity contribution in [2.75, 3.05) is 5.32 Å². The lowest BCUT2D eigenvalue weighted by Gasteiger charge is -2.05. The number of imidazole rings is 1. The number of nitrogens with zero attached hydrogens (tertiary/aromatic N) is 3. The third kappa shape index (κ3) is 3.20. The third-order valence-corrected chi connectivity index (χ3v) is 5.21. The van der Waals surface area contributed by atoms with Gasteiger partial charge in [-0.05, 0) is 37.3 Å². The van der Waals surface area contributed by atoms with E-state index < -0.39 is 0 Å². The van der Waals surface area contributed by atoms with Gasteiger partial charge >= 0.3 is 0 Å². The topological polar surface area (TPSA) is 42.2 Å². The molecule has 0 saturated carbocycles. The van der Waals surface area contributed by atoms with Crippen LogP contribution in [0.25, 0.3) is 17.0 Å². The lowest BCUT2D eigenvalue weighted by molar-refractivity contribution is 1.17. The van der Waals surface area contributed by atoms with Crippen LogP contribution in [0, 0.1) is 6.92 Å². The molecule has 1 aromatic carbocycles. The Balaban J connectivity index is 1.72. The molecule has 4 nitrogen and oxygen atoms in total. The van der Waals surface area contributed by atoms with Gasteiger partial charge < -0.3 is 5.32 Å². The van der Waals surface area contributed by atoms with E-state index in [9.17, 15) is 0 Å². The molecule has 0 amide bonds. The fourth-order valence-electron chi connectivity index (χ4n) is 2.59. The molecular formula is C17H11Cl3N4S. The highest BCUT2D eigenvalue weighted by Crippen LogP contribution is 2.33. The van der Waals surface area contributed by atoms with Crippen LogP contribution in [0.15, 0.2) is 41.9 Å². The van der Waals surface area contributed by atoms with E-state index in [0.29, 0.717) is 15.1 Å². The van der Waals surface area contributed by atoms with Crippen LogP contribution < -0.4 is 5.32 Å². The predicted octanol–water partition coefficient (Wildman–Crippen LogP) is 6.47. The van der Waals surface area contributed by atoms with Gasteiger partial charge in [-0.25, -0.2) is 9.97 Å². The molecular weight excluding hydrogens is 399 g/mol. The standard InChI is InChI=1S/C17H11Cl3N4S/c1-9-16(24-7-11(19)3-5-15(24)21-9)14-8-25-17(23-14)22-13-4-2-10(18)6-12(13)20/h2-8H,1H3,(H,22,23). The molecule has 3 aromatic heterocycles. The van der Waals surface area contributed by atoms with Crippen LogP contribution in [0.3, 0.4) is 0 Å². The molecule has 0 unspecified atom stereocenters. The van der Waals surface area contributed by atoms with Crippen molar-refractivity contribution in [1.29, 1.82) is 0 Å². The Labute approximate surface area is 163 Å². The Morgan fingerprint density at radius 1 is 1.04 bits per heavy atom. The van der Waals surface area contributed by atoms with Crippen molar-refractivity contribution in [3.8, 4) is 11.4 Å². The molecule has 4 aromatic rings. The van der Waals surface area contributed by atoms with Crippen molar-refractivity contribution >= 4 is 62.6 Å². The van der Waals surface area contributed by atoms with Gasteiger partial charge in [-0.2, -0.15) is 0 Å². The number of hydrogen-bond acceptors (Lipinski definition) is 4. The maximum atomic E-state index is 6.21. The smallest absolute Gasteiger partial charge is 0.187 e. The van der Waals surface area contributed by atoms with Crippen LogP contribution >= 0.6 is 46.1 Å². The average Bonchev–Trinajstić information content (AvgIpc) is 3.13. The van der Waals surface area contributed by atoms with Gasteiger partial charge in [0, 0.05) is 16.6 Å². The summed E-state index contributed by atoms with van der Waals surface area (Å²) in [5.74, 6) is 0. The van der Waals surface area contributed by atoms with E-state index in [-0.39, 0.29) is 0 Å². The van der Waals surface area contributed by atoms with Crippen LogP contribution in [-0.2, 0) is 0 Å². The van der Waals surface area contributed by atoms with Crippen molar-refractivity contribution in [3.05, 3.63) is 62.7 Å². The molecule has 8 heteroatoms. The first kappa shape index (κ1) is 16.7. The zero-order valence-electron chi connectivity index (χ0n) is 12.9. The maximum absolute atomic E-state index is 6.21. The minimum absolute atomic E-state index is 0.544. The molecule has 0 aliphatic heterocycles. The number of fused-ring (bicyclic) bond motifs is 1. The number of pyridine rings is 1. The predicted molar refractivity (Wildman–Crippen MR) is 106 cm³/mol. The summed E-state index contributed by atoms with van der Waals surface area (Å²) in [6.07, 6.45) is 1.84. The maximum Gasteiger partial charge on any atom is 0.187 e. The highest BCUT2D eigenvalue weighted by molar-refractivity contribution is 7.14. The summed E-state index contributed by atoms with van der Waals surface area (Å²) in [5.41, 5.74) is 4.22. The Bertz CT molecular complexity index is 1090. The molecule has 0 spiro atoms. The summed E-state index contributed by atoms with van der Waals surface area (Å²) < 4.78 is 1.95. The second-order valence-corrected chi connectivity index (χ2v) is 7.55. The molecule has 4 rings (SSSR count). The number of thiazole rings is 1. The Morgan fingerprint density at radius 3 is 2.64 bits per heavy atom. The van der Waals surface area contributed by atoms with E-state index >= 15 is 0 Å². The minimum Gasteiger partial charge on any atom is -0.330 e. The fourth-order valence-corrected chi connectivity index (χ4v) is 3.91. The first-order valence-electron chi connectivity index (χ1n) is 7.33. The van der Waals surface area contributed by atoms with Gasteiger partial charge in [0.1, 0.15) is 11.3 Å². The van der Waals surface area contributed by atoms with E-state index in [0.717, 1.165) is 33.5 Å². The largest absolute Gasteiger partial charge is 0.330 e. The summed E-state index contributed by atoms with van der Waals surface area (Å²) in [5, 5.41) is 7.71. The number of aryl methyl sites for hydroxylation is 1. The molecule has 1 N–H and O–H groups in total. The molecule has 0 atom stereocenters. The Hall–Kier alpha value is -1.79. The highest BCUT2D eigenvalue weighted by Gasteiger charge is 2.15. The van der Waals surface area contributed by atoms with Crippen LogP contribution in [0.4, 0.5) is 10.8 Å². The monoisotopic (exact) mass is 408 g/mol. The van der Waals surface area contributed by atoms with Gasteiger partial charge in [0.25, 0.3) is 0 Å². The number of nitrogens with one attached hydrogen (secondary N) is 1. The molecule has 126 valence electrons. The lowest BCUT2D eigenvalue weighted by atomic mass is 10.3. The van der Waals surface area contributed by atoms with Crippen molar-refractivity contribution in [1.82, 2.24) is 14.4 Å². The van der Waals surface area contributed by atoms with Crippen molar-refractivity contribution in [3.63, 3.8) is 0 Å². The zero-order chi connectivity index (χ0) is 17.6. The molecule has 0 fully saturated rings. The summed E-state index contributed by atoms with van der Waals surface area (Å²) in [6, 6.07) is 9.00. The number of rotatable bonds is 3. The molecule has 0 aliphatic rings. The van der Waals surface area contributed by atoms with Gasteiger partial charge in [-0.15, -0.1) is 11.3 Å². The zero-order valence-corrected chi connectivity index (χ0v) is 16.0. The lowest BCUT2D eigenvalue weighted by Crippen LogP contribution is -1.92. The molecule has 25 heavy (non-hydrogen) atoms. The second-order valence-electron chi connectivity index (χ2n) is 5.41. The second kappa shape index (κ2) is 6.50. The molecule has 0 saturated heterocycles. The van der Waals surface area contributed by atoms with E-state index in [1.807, 2.05) is 41.1 Å². The molecule has 0 radical (unpaired) electrons. The number of halogens is 3. The summed E-state index contributed by atoms with van der Waals surface area (Å²) >= 11 is 19.8. The van der Waals surface area contributed by atoms with E-state index in [2.05, 4.69) is 15.3 Å². The third-order valence-electron chi connectivity index (χ3n) is 3.68. The molecule has 0 bridgehead atoms. The van der Waals surface area contributed by atoms with E-state index in [1.165, 1.54) is 11.3 Å². The van der Waals surface area contributed by atoms with E-state index in [4.69, 9.17) is 34.8 Å². The van der Waals surface area contributed by atoms with Gasteiger partial charge in [-0.3, -0.25) is 4.40 Å². The van der Waals surface area contributed by atoms with Gasteiger partial charge in [0.05, 0.1) is 27.1 Å². The summed E-state index contributed by atoms with van der Waals surface area (Å²) in [4.78, 5) is 9.22. The molecule has 0 aliphatic carbocycles. The van der Waals surface area contributed by atoms with E-state index in [1.54, 1.807) is 12.1 Å². The first-order valence-corrected chi connectivity index (χ1v) is 9.35. The average molecular weight is 410 g/mol. The number of aromatic nitrogens is 3. The van der Waals surface area contributed by atoms with Crippen LogP contribution in [0.1, 0.15) is 5.69 Å². The summed E-state index contributed by atoms with van der Waals surface area (Å²) in [6.45, 7) is 1.96. The fraction of sp³-hybridized carbons (Fsp3) is 0.0588. The van der Waals surface area contributed by atoms with Crippen molar-refractivity contribution in [2.45, 2.75) is 6.92 Å². The van der Waals surface area contributed by atoms with Crippen molar-refractivity contribution in [2.24, 2.45) is 0 Å². The minimum atomic E-state index is 0.544. The van der Waals surface area contributed by atoms with Gasteiger partial charge in [0.15, 0.2) is 5.13 Å². The van der Waals surface area contributed by atoms with Gasteiger partial charge in [0.2, 0.25) is 0 Å². The SMILES string of the molecule is Cc1nc2ccc(Cl)cn2c1-c1csc(Nc2ccc(Cl)cc2Cl)n1. The summed E-state index contributed by atoms with van der Waals surface area (Å²) in [7, 11) is 0. The van der Waals surface area contributed by atoms with Gasteiger partial charge in [-0.1, -0.05) is 34.8 Å². The quantitative estimate of drug-likeness (QED) is 0.421. The highest BCUT2D eigenvalue weighted by atomic mass is 35.5. The Morgan fingerprint density at radius 2 is 1.84 bits per heavy atom. The normalized spacial score (nSPS) is 11.2. The number of anilines is 2. The number of hydrogen-bond donors (Lipinski definition) is 1.